The van der Waals surface area contributed by atoms with E-state index in [1.54, 1.807) is 0 Å². The summed E-state index contributed by atoms with van der Waals surface area (Å²) in [6.45, 7) is 3.15. The highest BCUT2D eigenvalue weighted by molar-refractivity contribution is 7.89. The van der Waals surface area contributed by atoms with Crippen molar-refractivity contribution in [3.63, 3.8) is 0 Å². The number of hydrogen-bond donors (Lipinski definition) is 1. The smallest absolute Gasteiger partial charge is 0.307 e. The third-order valence-electron chi connectivity index (χ3n) is 4.94. The molecule has 0 aliphatic heterocycles. The van der Waals surface area contributed by atoms with E-state index in [1.165, 1.54) is 16.4 Å². The van der Waals surface area contributed by atoms with Crippen molar-refractivity contribution in [2.75, 3.05) is 13.1 Å². The Morgan fingerprint density at radius 3 is 2.47 bits per heavy atom. The number of carboxylic acid groups (broad SMARTS) is 1. The summed E-state index contributed by atoms with van der Waals surface area (Å²) in [6, 6.07) is 12.4. The number of benzene rings is 2. The topological polar surface area (TPSA) is 79.6 Å². The molecule has 0 bridgehead atoms. The van der Waals surface area contributed by atoms with Crippen LogP contribution < -0.4 is 0 Å². The second-order valence-corrected chi connectivity index (χ2v) is 9.08. The van der Waals surface area contributed by atoms with Gasteiger partial charge in [0.1, 0.15) is 5.82 Å². The molecule has 8 heteroatoms. The van der Waals surface area contributed by atoms with Gasteiger partial charge in [0.25, 0.3) is 0 Å². The molecule has 2 aromatic carbocycles. The number of halogens is 1. The fraction of sp³-hybridized carbons (Fsp3) is 0.318. The van der Waals surface area contributed by atoms with E-state index in [4.69, 9.17) is 5.11 Å². The molecule has 0 spiro atoms. The highest BCUT2D eigenvalue weighted by Crippen LogP contribution is 2.23. The molecule has 3 aromatic rings. The predicted octanol–water partition coefficient (Wildman–Crippen LogP) is 3.90. The zero-order valence-electron chi connectivity index (χ0n) is 16.8. The third kappa shape index (κ3) is 4.88. The largest absolute Gasteiger partial charge is 0.481 e. The Bertz CT molecular complexity index is 1120. The average Bonchev–Trinajstić information content (AvgIpc) is 3.05. The van der Waals surface area contributed by atoms with Crippen LogP contribution in [0.25, 0.3) is 10.9 Å². The highest BCUT2D eigenvalue weighted by atomic mass is 32.2. The third-order valence-corrected chi connectivity index (χ3v) is 6.86. The molecule has 3 rings (SSSR count). The number of para-hydroxylation sites is 1. The van der Waals surface area contributed by atoms with Crippen LogP contribution in [0.2, 0.25) is 0 Å². The van der Waals surface area contributed by atoms with Crippen molar-refractivity contribution in [2.45, 2.75) is 37.6 Å². The molecule has 0 unspecified atom stereocenters. The SMILES string of the molecule is CCCN(CCCn1cc(CC(=O)O)c2ccccc21)S(=O)(=O)c1ccc(F)cc1. The molecule has 30 heavy (non-hydrogen) atoms. The second kappa shape index (κ2) is 9.40. The monoisotopic (exact) mass is 432 g/mol. The number of hydrogen-bond acceptors (Lipinski definition) is 3. The molecular weight excluding hydrogens is 407 g/mol. The fourth-order valence-electron chi connectivity index (χ4n) is 3.59. The summed E-state index contributed by atoms with van der Waals surface area (Å²) in [7, 11) is -3.71. The summed E-state index contributed by atoms with van der Waals surface area (Å²) >= 11 is 0. The maximum absolute atomic E-state index is 13.2. The standard InChI is InChI=1S/C22H25FN2O4S/c1-2-12-25(30(28,29)19-10-8-18(23)9-11-19)14-5-13-24-16-17(15-22(26)27)20-6-3-4-7-21(20)24/h3-4,6-11,16H,2,5,12-15H2,1H3,(H,26,27). The van der Waals surface area contributed by atoms with E-state index in [0.717, 1.165) is 28.6 Å². The van der Waals surface area contributed by atoms with Gasteiger partial charge in [-0.15, -0.1) is 0 Å². The number of nitrogens with zero attached hydrogens (tertiary/aromatic N) is 2. The second-order valence-electron chi connectivity index (χ2n) is 7.15. The van der Waals surface area contributed by atoms with E-state index in [2.05, 4.69) is 0 Å². The van der Waals surface area contributed by atoms with Crippen LogP contribution in [0.1, 0.15) is 25.3 Å². The Hall–Kier alpha value is -2.71. The number of aryl methyl sites for hydroxylation is 1. The van der Waals surface area contributed by atoms with Gasteiger partial charge in [0.05, 0.1) is 11.3 Å². The van der Waals surface area contributed by atoms with Crippen LogP contribution in [0.15, 0.2) is 59.6 Å². The van der Waals surface area contributed by atoms with Gasteiger partial charge < -0.3 is 9.67 Å². The lowest BCUT2D eigenvalue weighted by Gasteiger charge is -2.22. The van der Waals surface area contributed by atoms with Crippen molar-refractivity contribution in [2.24, 2.45) is 0 Å². The maximum Gasteiger partial charge on any atom is 0.307 e. The Kier molecular flexibility index (Phi) is 6.89. The Labute approximate surface area is 175 Å². The highest BCUT2D eigenvalue weighted by Gasteiger charge is 2.23. The molecule has 0 saturated heterocycles. The van der Waals surface area contributed by atoms with Crippen molar-refractivity contribution in [3.05, 3.63) is 66.1 Å². The number of carbonyl (C=O) groups is 1. The van der Waals surface area contributed by atoms with E-state index in [0.29, 0.717) is 32.5 Å². The lowest BCUT2D eigenvalue weighted by Crippen LogP contribution is -2.33. The van der Waals surface area contributed by atoms with Gasteiger partial charge in [-0.25, -0.2) is 12.8 Å². The Balaban J connectivity index is 1.76. The van der Waals surface area contributed by atoms with Gasteiger partial charge >= 0.3 is 5.97 Å². The molecule has 0 radical (unpaired) electrons. The van der Waals surface area contributed by atoms with Gasteiger partial charge in [-0.2, -0.15) is 4.31 Å². The minimum atomic E-state index is -3.71. The van der Waals surface area contributed by atoms with Gasteiger partial charge in [0.2, 0.25) is 10.0 Å². The molecule has 160 valence electrons. The van der Waals surface area contributed by atoms with Crippen LogP contribution in [-0.4, -0.2) is 41.5 Å². The number of carboxylic acids is 1. The molecule has 0 aliphatic carbocycles. The molecule has 0 atom stereocenters. The number of aliphatic carboxylic acids is 1. The molecule has 1 aromatic heterocycles. The van der Waals surface area contributed by atoms with Crippen LogP contribution in [-0.2, 0) is 27.8 Å². The molecule has 0 amide bonds. The summed E-state index contributed by atoms with van der Waals surface area (Å²) < 4.78 is 42.5. The van der Waals surface area contributed by atoms with Gasteiger partial charge in [-0.3, -0.25) is 4.79 Å². The first-order chi connectivity index (χ1) is 14.3. The van der Waals surface area contributed by atoms with Crippen LogP contribution in [0.4, 0.5) is 4.39 Å². The van der Waals surface area contributed by atoms with Crippen molar-refractivity contribution in [1.82, 2.24) is 8.87 Å². The van der Waals surface area contributed by atoms with E-state index < -0.39 is 21.8 Å². The van der Waals surface area contributed by atoms with Gasteiger partial charge in [-0.05, 0) is 48.7 Å². The van der Waals surface area contributed by atoms with Crippen molar-refractivity contribution >= 4 is 26.9 Å². The van der Waals surface area contributed by atoms with E-state index >= 15 is 0 Å². The van der Waals surface area contributed by atoms with Gasteiger partial charge in [0, 0.05) is 36.7 Å². The minimum Gasteiger partial charge on any atom is -0.481 e. The normalized spacial score (nSPS) is 12.0. The first-order valence-electron chi connectivity index (χ1n) is 9.87. The van der Waals surface area contributed by atoms with Crippen LogP contribution >= 0.6 is 0 Å². The quantitative estimate of drug-likeness (QED) is 0.527. The fourth-order valence-corrected chi connectivity index (χ4v) is 5.16. The van der Waals surface area contributed by atoms with Gasteiger partial charge in [-0.1, -0.05) is 25.1 Å². The van der Waals surface area contributed by atoms with Crippen LogP contribution in [0, 0.1) is 5.82 Å². The average molecular weight is 433 g/mol. The summed E-state index contributed by atoms with van der Waals surface area (Å²) in [5.74, 6) is -1.37. The van der Waals surface area contributed by atoms with Crippen LogP contribution in [0.5, 0.6) is 0 Å². The molecule has 0 aliphatic rings. The Morgan fingerprint density at radius 2 is 1.80 bits per heavy atom. The van der Waals surface area contributed by atoms with E-state index in [9.17, 15) is 17.6 Å². The summed E-state index contributed by atoms with van der Waals surface area (Å²) in [6.07, 6.45) is 2.99. The number of sulfonamides is 1. The molecule has 0 fully saturated rings. The molecule has 1 heterocycles. The number of fused-ring (bicyclic) bond motifs is 1. The lowest BCUT2D eigenvalue weighted by atomic mass is 10.1. The van der Waals surface area contributed by atoms with E-state index in [-0.39, 0.29) is 11.3 Å². The Morgan fingerprint density at radius 1 is 1.10 bits per heavy atom. The molecule has 6 nitrogen and oxygen atoms in total. The van der Waals surface area contributed by atoms with Gasteiger partial charge in [0.15, 0.2) is 0 Å². The van der Waals surface area contributed by atoms with Crippen molar-refractivity contribution in [3.8, 4) is 0 Å². The van der Waals surface area contributed by atoms with E-state index in [1.807, 2.05) is 42.0 Å². The van der Waals surface area contributed by atoms with Crippen LogP contribution in [0.3, 0.4) is 0 Å². The molecule has 1 N–H and O–H groups in total. The summed E-state index contributed by atoms with van der Waals surface area (Å²) in [5.41, 5.74) is 1.67. The van der Waals surface area contributed by atoms with Crippen molar-refractivity contribution in [1.29, 1.82) is 0 Å². The van der Waals surface area contributed by atoms with Crippen molar-refractivity contribution < 1.29 is 22.7 Å². The maximum atomic E-state index is 13.2. The zero-order chi connectivity index (χ0) is 21.7. The number of rotatable bonds is 10. The molecule has 0 saturated carbocycles. The predicted molar refractivity (Wildman–Crippen MR) is 113 cm³/mol. The summed E-state index contributed by atoms with van der Waals surface area (Å²) in [5, 5.41) is 10.0. The molecular formula is C22H25FN2O4S. The zero-order valence-corrected chi connectivity index (χ0v) is 17.6. The lowest BCUT2D eigenvalue weighted by molar-refractivity contribution is -0.136. The minimum absolute atomic E-state index is 0.0611. The number of aromatic nitrogens is 1. The summed E-state index contributed by atoms with van der Waals surface area (Å²) in [4.78, 5) is 11.2. The first-order valence-corrected chi connectivity index (χ1v) is 11.3. The first kappa shape index (κ1) is 22.0.